The summed E-state index contributed by atoms with van der Waals surface area (Å²) in [5.41, 5.74) is 0.359. The number of hydrogen-bond acceptors (Lipinski definition) is 4. The first-order valence-electron chi connectivity index (χ1n) is 4.88. The molecule has 0 radical (unpaired) electrons. The second-order valence-electron chi connectivity index (χ2n) is 3.14. The summed E-state index contributed by atoms with van der Waals surface area (Å²) in [5.74, 6) is -1.29. The van der Waals surface area contributed by atoms with E-state index in [0.29, 0.717) is 16.5 Å². The first-order valence-corrected chi connectivity index (χ1v) is 5.26. The smallest absolute Gasteiger partial charge is 0.313 e. The maximum atomic E-state index is 11.4. The van der Waals surface area contributed by atoms with Crippen LogP contribution in [0.25, 0.3) is 0 Å². The Labute approximate surface area is 108 Å². The van der Waals surface area contributed by atoms with Crippen molar-refractivity contribution in [2.75, 3.05) is 19.0 Å². The highest BCUT2D eigenvalue weighted by molar-refractivity contribution is 6.40. The second-order valence-corrected chi connectivity index (χ2v) is 3.55. The molecule has 0 saturated heterocycles. The van der Waals surface area contributed by atoms with Crippen molar-refractivity contribution in [3.05, 3.63) is 23.2 Å². The highest BCUT2D eigenvalue weighted by atomic mass is 35.5. The van der Waals surface area contributed by atoms with E-state index in [1.807, 2.05) is 0 Å². The summed E-state index contributed by atoms with van der Waals surface area (Å²) in [7, 11) is 1.47. The van der Waals surface area contributed by atoms with Crippen molar-refractivity contribution in [2.24, 2.45) is 0 Å². The molecule has 0 atom stereocenters. The second kappa shape index (κ2) is 6.47. The minimum absolute atomic E-state index is 0.227. The van der Waals surface area contributed by atoms with Gasteiger partial charge >= 0.3 is 11.8 Å². The number of carbonyl (C=O) groups is 2. The van der Waals surface area contributed by atoms with Crippen LogP contribution < -0.4 is 15.4 Å². The fourth-order valence-electron chi connectivity index (χ4n) is 1.13. The van der Waals surface area contributed by atoms with E-state index in [1.54, 1.807) is 18.2 Å². The number of carbonyl (C=O) groups excluding carboxylic acids is 2. The third-order valence-corrected chi connectivity index (χ3v) is 2.24. The number of rotatable bonds is 3. The Hall–Kier alpha value is -2.26. The van der Waals surface area contributed by atoms with Crippen molar-refractivity contribution in [3.8, 4) is 11.8 Å². The Morgan fingerprint density at radius 3 is 2.72 bits per heavy atom. The number of amides is 2. The summed E-state index contributed by atoms with van der Waals surface area (Å²) >= 11 is 5.86. The van der Waals surface area contributed by atoms with E-state index in [4.69, 9.17) is 21.6 Å². The van der Waals surface area contributed by atoms with E-state index < -0.39 is 11.8 Å². The zero-order valence-electron chi connectivity index (χ0n) is 9.49. The van der Waals surface area contributed by atoms with Crippen LogP contribution in [-0.4, -0.2) is 25.5 Å². The normalized spacial score (nSPS) is 9.17. The van der Waals surface area contributed by atoms with Gasteiger partial charge in [0.2, 0.25) is 0 Å². The maximum Gasteiger partial charge on any atom is 0.313 e. The van der Waals surface area contributed by atoms with E-state index in [2.05, 4.69) is 10.6 Å². The summed E-state index contributed by atoms with van der Waals surface area (Å²) in [5, 5.41) is 13.0. The van der Waals surface area contributed by atoms with Crippen molar-refractivity contribution in [2.45, 2.75) is 0 Å². The zero-order valence-corrected chi connectivity index (χ0v) is 10.2. The van der Waals surface area contributed by atoms with Gasteiger partial charge in [-0.05, 0) is 18.2 Å². The third-order valence-electron chi connectivity index (χ3n) is 1.94. The molecule has 2 N–H and O–H groups in total. The zero-order chi connectivity index (χ0) is 13.5. The standard InChI is InChI=1S/C11H10ClN3O3/c1-18-9-3-2-7(6-8(9)12)15-11(17)10(16)14-5-4-13/h2-3,6H,5H2,1H3,(H,14,16)(H,15,17). The Morgan fingerprint density at radius 1 is 1.44 bits per heavy atom. The van der Waals surface area contributed by atoms with E-state index in [1.165, 1.54) is 13.2 Å². The SMILES string of the molecule is COc1ccc(NC(=O)C(=O)NCC#N)cc1Cl. The lowest BCUT2D eigenvalue weighted by Gasteiger charge is -2.07. The number of nitrogens with one attached hydrogen (secondary N) is 2. The molecule has 0 fully saturated rings. The number of nitrogens with zero attached hydrogens (tertiary/aromatic N) is 1. The van der Waals surface area contributed by atoms with Crippen molar-refractivity contribution in [3.63, 3.8) is 0 Å². The molecule has 1 aromatic rings. The van der Waals surface area contributed by atoms with Gasteiger partial charge in [0.15, 0.2) is 0 Å². The van der Waals surface area contributed by atoms with Crippen molar-refractivity contribution < 1.29 is 14.3 Å². The number of hydrogen-bond donors (Lipinski definition) is 2. The van der Waals surface area contributed by atoms with Gasteiger partial charge in [-0.3, -0.25) is 9.59 Å². The van der Waals surface area contributed by atoms with Crippen LogP contribution in [0.5, 0.6) is 5.75 Å². The molecule has 0 spiro atoms. The van der Waals surface area contributed by atoms with Crippen LogP contribution in [0.1, 0.15) is 0 Å². The van der Waals surface area contributed by atoms with Crippen molar-refractivity contribution in [1.29, 1.82) is 5.26 Å². The molecule has 0 unspecified atom stereocenters. The van der Waals surface area contributed by atoms with Crippen LogP contribution in [0.15, 0.2) is 18.2 Å². The molecule has 7 heteroatoms. The van der Waals surface area contributed by atoms with Gasteiger partial charge in [0.05, 0.1) is 18.2 Å². The Bertz CT molecular complexity index is 511. The van der Waals surface area contributed by atoms with Crippen LogP contribution in [0.4, 0.5) is 5.69 Å². The van der Waals surface area contributed by atoms with Gasteiger partial charge in [0.1, 0.15) is 12.3 Å². The molecule has 1 rings (SSSR count). The minimum atomic E-state index is -0.886. The number of nitriles is 1. The van der Waals surface area contributed by atoms with Gasteiger partial charge in [-0.25, -0.2) is 0 Å². The van der Waals surface area contributed by atoms with Crippen LogP contribution in [0.3, 0.4) is 0 Å². The summed E-state index contributed by atoms with van der Waals surface area (Å²) < 4.78 is 4.95. The highest BCUT2D eigenvalue weighted by Gasteiger charge is 2.13. The Kier molecular flexibility index (Phi) is 4.96. The van der Waals surface area contributed by atoms with Crippen LogP contribution in [-0.2, 0) is 9.59 Å². The van der Waals surface area contributed by atoms with Gasteiger partial charge in [-0.2, -0.15) is 5.26 Å². The predicted octanol–water partition coefficient (Wildman–Crippen LogP) is 0.927. The predicted molar refractivity (Wildman–Crippen MR) is 65.3 cm³/mol. The topological polar surface area (TPSA) is 91.2 Å². The molecule has 0 heterocycles. The van der Waals surface area contributed by atoms with E-state index in [9.17, 15) is 9.59 Å². The molecule has 0 saturated carbocycles. The van der Waals surface area contributed by atoms with Gasteiger partial charge in [-0.1, -0.05) is 11.6 Å². The number of methoxy groups -OCH3 is 1. The van der Waals surface area contributed by atoms with Crippen molar-refractivity contribution >= 4 is 29.1 Å². The van der Waals surface area contributed by atoms with Gasteiger partial charge in [-0.15, -0.1) is 0 Å². The highest BCUT2D eigenvalue weighted by Crippen LogP contribution is 2.27. The van der Waals surface area contributed by atoms with E-state index >= 15 is 0 Å². The Balaban J connectivity index is 2.68. The molecular formula is C11H10ClN3O3. The Morgan fingerprint density at radius 2 is 2.17 bits per heavy atom. The van der Waals surface area contributed by atoms with Crippen LogP contribution in [0.2, 0.25) is 5.02 Å². The van der Waals surface area contributed by atoms with Crippen molar-refractivity contribution in [1.82, 2.24) is 5.32 Å². The molecule has 0 bridgehead atoms. The molecule has 0 aliphatic heterocycles. The average Bonchev–Trinajstić information content (AvgIpc) is 2.36. The summed E-state index contributed by atoms with van der Waals surface area (Å²) in [6.07, 6.45) is 0. The molecule has 0 aliphatic rings. The van der Waals surface area contributed by atoms with E-state index in [-0.39, 0.29) is 6.54 Å². The molecule has 18 heavy (non-hydrogen) atoms. The van der Waals surface area contributed by atoms with Crippen LogP contribution in [0, 0.1) is 11.3 Å². The first kappa shape index (κ1) is 13.8. The lowest BCUT2D eigenvalue weighted by molar-refractivity contribution is -0.136. The average molecular weight is 268 g/mol. The molecule has 6 nitrogen and oxygen atoms in total. The molecule has 94 valence electrons. The fraction of sp³-hybridized carbons (Fsp3) is 0.182. The fourth-order valence-corrected chi connectivity index (χ4v) is 1.39. The number of ether oxygens (including phenoxy) is 1. The molecule has 0 aliphatic carbocycles. The van der Waals surface area contributed by atoms with E-state index in [0.717, 1.165) is 0 Å². The third kappa shape index (κ3) is 3.64. The lowest BCUT2D eigenvalue weighted by Crippen LogP contribution is -2.35. The maximum absolute atomic E-state index is 11.4. The van der Waals surface area contributed by atoms with Gasteiger partial charge in [0.25, 0.3) is 0 Å². The summed E-state index contributed by atoms with van der Waals surface area (Å²) in [4.78, 5) is 22.6. The van der Waals surface area contributed by atoms with Gasteiger partial charge < -0.3 is 15.4 Å². The summed E-state index contributed by atoms with van der Waals surface area (Å²) in [6.45, 7) is -0.227. The number of anilines is 1. The number of halogens is 1. The quantitative estimate of drug-likeness (QED) is 0.629. The summed E-state index contributed by atoms with van der Waals surface area (Å²) in [6, 6.07) is 6.25. The molecule has 0 aromatic heterocycles. The molecular weight excluding hydrogens is 258 g/mol. The minimum Gasteiger partial charge on any atom is -0.495 e. The lowest BCUT2D eigenvalue weighted by atomic mass is 10.3. The monoisotopic (exact) mass is 267 g/mol. The van der Waals surface area contributed by atoms with Crippen LogP contribution >= 0.6 is 11.6 Å². The van der Waals surface area contributed by atoms with Gasteiger partial charge in [0, 0.05) is 5.69 Å². The molecule has 2 amide bonds. The molecule has 1 aromatic carbocycles. The first-order chi connectivity index (χ1) is 8.58. The number of benzene rings is 1. The largest absolute Gasteiger partial charge is 0.495 e.